The number of halogens is 1. The number of carbonyl (C=O) groups excluding carboxylic acids is 2. The maximum absolute atomic E-state index is 11.7. The van der Waals surface area contributed by atoms with Gasteiger partial charge in [0, 0.05) is 6.54 Å². The van der Waals surface area contributed by atoms with Crippen LogP contribution in [0.3, 0.4) is 0 Å². The SMILES string of the molecule is O=C(NCc1ccccc1)C(=O)c1ccc(Cl)s1. The number of thiophene rings is 1. The highest BCUT2D eigenvalue weighted by molar-refractivity contribution is 7.18. The van der Waals surface area contributed by atoms with E-state index in [1.807, 2.05) is 30.3 Å². The summed E-state index contributed by atoms with van der Waals surface area (Å²) >= 11 is 6.82. The molecular formula is C13H10ClNO2S. The van der Waals surface area contributed by atoms with Crippen molar-refractivity contribution in [3.8, 4) is 0 Å². The zero-order valence-corrected chi connectivity index (χ0v) is 10.9. The number of hydrogen-bond donors (Lipinski definition) is 1. The van der Waals surface area contributed by atoms with Crippen LogP contribution in [-0.2, 0) is 11.3 Å². The van der Waals surface area contributed by atoms with Crippen LogP contribution >= 0.6 is 22.9 Å². The molecule has 1 heterocycles. The van der Waals surface area contributed by atoms with E-state index in [4.69, 9.17) is 11.6 Å². The van der Waals surface area contributed by atoms with Crippen molar-refractivity contribution in [1.29, 1.82) is 0 Å². The largest absolute Gasteiger partial charge is 0.345 e. The second kappa shape index (κ2) is 5.80. The predicted molar refractivity (Wildman–Crippen MR) is 71.9 cm³/mol. The molecule has 3 nitrogen and oxygen atoms in total. The van der Waals surface area contributed by atoms with Gasteiger partial charge in [0.2, 0.25) is 0 Å². The van der Waals surface area contributed by atoms with E-state index in [9.17, 15) is 9.59 Å². The maximum atomic E-state index is 11.7. The molecule has 0 saturated carbocycles. The predicted octanol–water partition coefficient (Wildman–Crippen LogP) is 2.90. The van der Waals surface area contributed by atoms with Crippen molar-refractivity contribution >= 4 is 34.6 Å². The lowest BCUT2D eigenvalue weighted by molar-refractivity contribution is -0.117. The number of ketones is 1. The van der Waals surface area contributed by atoms with Gasteiger partial charge in [0.15, 0.2) is 0 Å². The summed E-state index contributed by atoms with van der Waals surface area (Å²) in [6, 6.07) is 12.6. The first-order valence-corrected chi connectivity index (χ1v) is 6.48. The first kappa shape index (κ1) is 12.8. The van der Waals surface area contributed by atoms with Crippen molar-refractivity contribution in [2.75, 3.05) is 0 Å². The summed E-state index contributed by atoms with van der Waals surface area (Å²) in [7, 11) is 0. The average Bonchev–Trinajstić information content (AvgIpc) is 2.83. The molecule has 2 rings (SSSR count). The van der Waals surface area contributed by atoms with Crippen molar-refractivity contribution in [1.82, 2.24) is 5.32 Å². The molecule has 0 unspecified atom stereocenters. The zero-order chi connectivity index (χ0) is 13.0. The van der Waals surface area contributed by atoms with Gasteiger partial charge in [-0.2, -0.15) is 0 Å². The van der Waals surface area contributed by atoms with E-state index in [1.54, 1.807) is 12.1 Å². The minimum Gasteiger partial charge on any atom is -0.345 e. The van der Waals surface area contributed by atoms with Gasteiger partial charge in [-0.3, -0.25) is 9.59 Å². The molecule has 0 aliphatic rings. The molecule has 1 aromatic heterocycles. The minimum atomic E-state index is -0.614. The van der Waals surface area contributed by atoms with Gasteiger partial charge in [0.1, 0.15) is 0 Å². The minimum absolute atomic E-state index is 0.338. The summed E-state index contributed by atoms with van der Waals surface area (Å²) < 4.78 is 0.495. The molecule has 0 radical (unpaired) electrons. The molecule has 0 atom stereocenters. The Morgan fingerprint density at radius 2 is 1.83 bits per heavy atom. The van der Waals surface area contributed by atoms with Crippen molar-refractivity contribution in [3.63, 3.8) is 0 Å². The summed E-state index contributed by atoms with van der Waals surface area (Å²) in [5, 5.41) is 2.58. The number of rotatable bonds is 4. The Kier molecular flexibility index (Phi) is 4.12. The van der Waals surface area contributed by atoms with Gasteiger partial charge in [-0.25, -0.2) is 0 Å². The molecule has 2 aromatic rings. The Balaban J connectivity index is 1.94. The topological polar surface area (TPSA) is 46.2 Å². The Morgan fingerprint density at radius 3 is 2.44 bits per heavy atom. The Morgan fingerprint density at radius 1 is 1.11 bits per heavy atom. The van der Waals surface area contributed by atoms with E-state index in [0.717, 1.165) is 16.9 Å². The molecule has 1 N–H and O–H groups in total. The van der Waals surface area contributed by atoms with Crippen LogP contribution in [0.25, 0.3) is 0 Å². The fourth-order valence-electron chi connectivity index (χ4n) is 1.41. The van der Waals surface area contributed by atoms with Crippen LogP contribution < -0.4 is 5.32 Å². The molecular weight excluding hydrogens is 270 g/mol. The van der Waals surface area contributed by atoms with Gasteiger partial charge in [0.25, 0.3) is 11.7 Å². The van der Waals surface area contributed by atoms with Crippen LogP contribution in [0, 0.1) is 0 Å². The third-order valence-electron chi connectivity index (χ3n) is 2.30. The third kappa shape index (κ3) is 3.18. The summed E-state index contributed by atoms with van der Waals surface area (Å²) in [6.07, 6.45) is 0. The van der Waals surface area contributed by atoms with E-state index < -0.39 is 11.7 Å². The second-order valence-corrected chi connectivity index (χ2v) is 5.32. The lowest BCUT2D eigenvalue weighted by Crippen LogP contribution is -2.30. The molecule has 0 saturated heterocycles. The van der Waals surface area contributed by atoms with E-state index in [1.165, 1.54) is 0 Å². The van der Waals surface area contributed by atoms with Crippen LogP contribution in [-0.4, -0.2) is 11.7 Å². The first-order valence-electron chi connectivity index (χ1n) is 5.28. The quantitative estimate of drug-likeness (QED) is 0.691. The van der Waals surface area contributed by atoms with Crippen LogP contribution in [0.1, 0.15) is 15.2 Å². The average molecular weight is 280 g/mol. The van der Waals surface area contributed by atoms with E-state index >= 15 is 0 Å². The van der Waals surface area contributed by atoms with Gasteiger partial charge in [-0.05, 0) is 17.7 Å². The normalized spacial score (nSPS) is 10.1. The Labute approximate surface area is 113 Å². The van der Waals surface area contributed by atoms with E-state index in [2.05, 4.69) is 5.32 Å². The number of benzene rings is 1. The highest BCUT2D eigenvalue weighted by Crippen LogP contribution is 2.21. The van der Waals surface area contributed by atoms with Crippen LogP contribution in [0.5, 0.6) is 0 Å². The van der Waals surface area contributed by atoms with Crippen molar-refractivity contribution in [2.24, 2.45) is 0 Å². The molecule has 0 fully saturated rings. The first-order chi connectivity index (χ1) is 8.66. The van der Waals surface area contributed by atoms with Gasteiger partial charge in [0.05, 0.1) is 9.21 Å². The maximum Gasteiger partial charge on any atom is 0.293 e. The van der Waals surface area contributed by atoms with Gasteiger partial charge in [-0.1, -0.05) is 41.9 Å². The zero-order valence-electron chi connectivity index (χ0n) is 9.35. The van der Waals surface area contributed by atoms with Crippen molar-refractivity contribution in [2.45, 2.75) is 6.54 Å². The Hall–Kier alpha value is -1.65. The number of amides is 1. The number of Topliss-reactive ketones (excluding diaryl/α,β-unsaturated/α-hetero) is 1. The van der Waals surface area contributed by atoms with E-state index in [0.29, 0.717) is 15.8 Å². The summed E-state index contributed by atoms with van der Waals surface area (Å²) in [5.74, 6) is -1.17. The Bertz CT molecular complexity index is 565. The lowest BCUT2D eigenvalue weighted by atomic mass is 10.2. The number of carbonyl (C=O) groups is 2. The van der Waals surface area contributed by atoms with Gasteiger partial charge < -0.3 is 5.32 Å². The number of hydrogen-bond acceptors (Lipinski definition) is 3. The molecule has 0 aliphatic carbocycles. The molecule has 0 bridgehead atoms. The number of nitrogens with one attached hydrogen (secondary N) is 1. The molecule has 0 aliphatic heterocycles. The monoisotopic (exact) mass is 279 g/mol. The molecule has 1 amide bonds. The van der Waals surface area contributed by atoms with Crippen LogP contribution in [0.4, 0.5) is 0 Å². The molecule has 92 valence electrons. The summed E-state index contributed by atoms with van der Waals surface area (Å²) in [6.45, 7) is 0.338. The summed E-state index contributed by atoms with van der Waals surface area (Å²) in [5.41, 5.74) is 0.947. The van der Waals surface area contributed by atoms with Crippen molar-refractivity contribution < 1.29 is 9.59 Å². The third-order valence-corrected chi connectivity index (χ3v) is 3.53. The van der Waals surface area contributed by atoms with Crippen LogP contribution in [0.2, 0.25) is 4.34 Å². The lowest BCUT2D eigenvalue weighted by Gasteiger charge is -2.03. The fraction of sp³-hybridized carbons (Fsp3) is 0.0769. The van der Waals surface area contributed by atoms with Gasteiger partial charge in [-0.15, -0.1) is 11.3 Å². The van der Waals surface area contributed by atoms with E-state index in [-0.39, 0.29) is 0 Å². The standard InChI is InChI=1S/C13H10ClNO2S/c14-11-7-6-10(18-11)12(16)13(17)15-8-9-4-2-1-3-5-9/h1-7H,8H2,(H,15,17). The smallest absolute Gasteiger partial charge is 0.293 e. The molecule has 18 heavy (non-hydrogen) atoms. The van der Waals surface area contributed by atoms with Crippen molar-refractivity contribution in [3.05, 3.63) is 57.2 Å². The van der Waals surface area contributed by atoms with Crippen LogP contribution in [0.15, 0.2) is 42.5 Å². The summed E-state index contributed by atoms with van der Waals surface area (Å²) in [4.78, 5) is 23.7. The molecule has 5 heteroatoms. The van der Waals surface area contributed by atoms with Gasteiger partial charge >= 0.3 is 0 Å². The fourth-order valence-corrected chi connectivity index (χ4v) is 2.39. The second-order valence-electron chi connectivity index (χ2n) is 3.60. The highest BCUT2D eigenvalue weighted by Gasteiger charge is 2.17. The molecule has 1 aromatic carbocycles. The highest BCUT2D eigenvalue weighted by atomic mass is 35.5. The molecule has 0 spiro atoms.